The molecule has 4 nitrogen and oxygen atoms in total. The van der Waals surface area contributed by atoms with Crippen LogP contribution in [-0.2, 0) is 0 Å². The molecule has 0 fully saturated rings. The molecule has 0 spiro atoms. The number of ether oxygens (including phenoxy) is 1. The number of hydrogen-bond acceptors (Lipinski definition) is 3. The number of nitrogens with zero attached hydrogens (tertiary/aromatic N) is 1. The number of benzene rings is 1. The Kier molecular flexibility index (Phi) is 5.21. The molecule has 1 rings (SSSR count). The fourth-order valence-corrected chi connectivity index (χ4v) is 1.86. The second-order valence-corrected chi connectivity index (χ2v) is 5.52. The van der Waals surface area contributed by atoms with Crippen molar-refractivity contribution in [3.8, 4) is 5.75 Å². The van der Waals surface area contributed by atoms with Crippen molar-refractivity contribution >= 4 is 11.5 Å². The zero-order valence-electron chi connectivity index (χ0n) is 12.4. The van der Waals surface area contributed by atoms with Crippen molar-refractivity contribution in [3.63, 3.8) is 0 Å². The van der Waals surface area contributed by atoms with Crippen LogP contribution in [0.2, 0.25) is 0 Å². The van der Waals surface area contributed by atoms with Gasteiger partial charge in [-0.1, -0.05) is 13.8 Å². The molecule has 4 heteroatoms. The summed E-state index contributed by atoms with van der Waals surface area (Å²) in [6.45, 7) is 4.98. The van der Waals surface area contributed by atoms with E-state index in [0.29, 0.717) is 0 Å². The van der Waals surface area contributed by atoms with E-state index in [9.17, 15) is 0 Å². The molecule has 19 heavy (non-hydrogen) atoms. The monoisotopic (exact) mass is 263 g/mol. The third-order valence-electron chi connectivity index (χ3n) is 3.54. The van der Waals surface area contributed by atoms with Gasteiger partial charge in [-0.15, -0.1) is 0 Å². The Labute approximate surface area is 116 Å². The van der Waals surface area contributed by atoms with Crippen LogP contribution >= 0.6 is 0 Å². The van der Waals surface area contributed by atoms with E-state index in [1.54, 1.807) is 7.11 Å². The molecular formula is C15H25N3O. The normalized spacial score (nSPS) is 11.2. The molecule has 1 aromatic rings. The Morgan fingerprint density at radius 2 is 1.89 bits per heavy atom. The van der Waals surface area contributed by atoms with Crippen molar-refractivity contribution in [2.45, 2.75) is 26.7 Å². The summed E-state index contributed by atoms with van der Waals surface area (Å²) in [5.74, 6) is 1.13. The van der Waals surface area contributed by atoms with E-state index >= 15 is 0 Å². The van der Waals surface area contributed by atoms with E-state index in [0.717, 1.165) is 25.1 Å². The molecule has 0 atom stereocenters. The quantitative estimate of drug-likeness (QED) is 0.587. The Morgan fingerprint density at radius 3 is 2.37 bits per heavy atom. The standard InChI is InChI=1S/C15H25N3O/c1-15(2,14(16)17)10-5-11-18(3)12-6-8-13(19-4)9-7-12/h6-9H,5,10-11H2,1-4H3,(H3,16,17). The minimum atomic E-state index is -0.208. The van der Waals surface area contributed by atoms with Crippen LogP contribution in [-0.4, -0.2) is 26.5 Å². The molecule has 3 N–H and O–H groups in total. The Morgan fingerprint density at radius 1 is 1.32 bits per heavy atom. The van der Waals surface area contributed by atoms with Gasteiger partial charge in [0.15, 0.2) is 0 Å². The summed E-state index contributed by atoms with van der Waals surface area (Å²) in [6.07, 6.45) is 1.93. The number of nitrogens with one attached hydrogen (secondary N) is 1. The van der Waals surface area contributed by atoms with Crippen molar-refractivity contribution in [1.29, 1.82) is 5.41 Å². The lowest BCUT2D eigenvalue weighted by molar-refractivity contribution is 0.415. The van der Waals surface area contributed by atoms with Gasteiger partial charge < -0.3 is 15.4 Å². The SMILES string of the molecule is COc1ccc(N(C)CCCC(C)(C)C(=N)N)cc1. The summed E-state index contributed by atoms with van der Waals surface area (Å²) in [5.41, 5.74) is 6.55. The Balaban J connectivity index is 2.46. The van der Waals surface area contributed by atoms with Gasteiger partial charge in [0, 0.05) is 24.7 Å². The van der Waals surface area contributed by atoms with Gasteiger partial charge in [0.1, 0.15) is 5.75 Å². The molecule has 0 aliphatic carbocycles. The van der Waals surface area contributed by atoms with Crippen molar-refractivity contribution in [2.24, 2.45) is 11.1 Å². The third-order valence-corrected chi connectivity index (χ3v) is 3.54. The van der Waals surface area contributed by atoms with Crippen LogP contribution in [0.1, 0.15) is 26.7 Å². The van der Waals surface area contributed by atoms with E-state index in [-0.39, 0.29) is 11.3 Å². The average molecular weight is 263 g/mol. The van der Waals surface area contributed by atoms with Crippen molar-refractivity contribution < 1.29 is 4.74 Å². The summed E-state index contributed by atoms with van der Waals surface area (Å²) in [5, 5.41) is 7.54. The first-order chi connectivity index (χ1) is 8.86. The highest BCUT2D eigenvalue weighted by atomic mass is 16.5. The molecule has 0 amide bonds. The molecule has 0 bridgehead atoms. The summed E-state index contributed by atoms with van der Waals surface area (Å²) in [4.78, 5) is 2.20. The maximum absolute atomic E-state index is 7.54. The minimum absolute atomic E-state index is 0.208. The summed E-state index contributed by atoms with van der Waals surface area (Å²) in [7, 11) is 3.74. The van der Waals surface area contributed by atoms with E-state index in [1.165, 1.54) is 5.69 Å². The summed E-state index contributed by atoms with van der Waals surface area (Å²) >= 11 is 0. The smallest absolute Gasteiger partial charge is 0.119 e. The van der Waals surface area contributed by atoms with Crippen LogP contribution < -0.4 is 15.4 Å². The number of nitrogens with two attached hydrogens (primary N) is 1. The highest BCUT2D eigenvalue weighted by Gasteiger charge is 2.20. The molecular weight excluding hydrogens is 238 g/mol. The van der Waals surface area contributed by atoms with Crippen LogP contribution in [0.5, 0.6) is 5.75 Å². The lowest BCUT2D eigenvalue weighted by Crippen LogP contribution is -2.31. The maximum atomic E-state index is 7.54. The second-order valence-electron chi connectivity index (χ2n) is 5.52. The van der Waals surface area contributed by atoms with E-state index < -0.39 is 0 Å². The highest BCUT2D eigenvalue weighted by Crippen LogP contribution is 2.23. The Hall–Kier alpha value is -1.71. The van der Waals surface area contributed by atoms with Gasteiger partial charge >= 0.3 is 0 Å². The van der Waals surface area contributed by atoms with Crippen LogP contribution in [0.3, 0.4) is 0 Å². The largest absolute Gasteiger partial charge is 0.497 e. The molecule has 0 aliphatic heterocycles. The van der Waals surface area contributed by atoms with Gasteiger partial charge in [-0.3, -0.25) is 5.41 Å². The second kappa shape index (κ2) is 6.45. The molecule has 1 aromatic carbocycles. The number of hydrogen-bond donors (Lipinski definition) is 2. The van der Waals surface area contributed by atoms with Crippen LogP contribution in [0.15, 0.2) is 24.3 Å². The van der Waals surface area contributed by atoms with Gasteiger partial charge in [-0.05, 0) is 37.1 Å². The molecule has 0 heterocycles. The molecule has 106 valence electrons. The van der Waals surface area contributed by atoms with E-state index in [2.05, 4.69) is 24.1 Å². The molecule has 0 aliphatic rings. The van der Waals surface area contributed by atoms with Crippen molar-refractivity contribution in [3.05, 3.63) is 24.3 Å². The van der Waals surface area contributed by atoms with Gasteiger partial charge in [0.2, 0.25) is 0 Å². The molecule has 0 radical (unpaired) electrons. The first-order valence-corrected chi connectivity index (χ1v) is 6.56. The lowest BCUT2D eigenvalue weighted by atomic mass is 9.86. The average Bonchev–Trinajstić information content (AvgIpc) is 2.38. The van der Waals surface area contributed by atoms with Gasteiger partial charge in [-0.2, -0.15) is 0 Å². The highest BCUT2D eigenvalue weighted by molar-refractivity contribution is 5.82. The van der Waals surface area contributed by atoms with Crippen LogP contribution in [0.4, 0.5) is 5.69 Å². The first-order valence-electron chi connectivity index (χ1n) is 6.56. The predicted octanol–water partition coefficient (Wildman–Crippen LogP) is 2.87. The van der Waals surface area contributed by atoms with Gasteiger partial charge in [0.05, 0.1) is 12.9 Å². The summed E-state index contributed by atoms with van der Waals surface area (Å²) < 4.78 is 5.15. The third kappa shape index (κ3) is 4.47. The number of rotatable bonds is 7. The predicted molar refractivity (Wildman–Crippen MR) is 81.2 cm³/mol. The Bertz CT molecular complexity index is 412. The summed E-state index contributed by atoms with van der Waals surface area (Å²) in [6, 6.07) is 8.03. The van der Waals surface area contributed by atoms with Crippen molar-refractivity contribution in [1.82, 2.24) is 0 Å². The minimum Gasteiger partial charge on any atom is -0.497 e. The number of amidine groups is 1. The molecule has 0 saturated carbocycles. The maximum Gasteiger partial charge on any atom is 0.119 e. The van der Waals surface area contributed by atoms with Crippen molar-refractivity contribution in [2.75, 3.05) is 25.6 Å². The number of anilines is 1. The van der Waals surface area contributed by atoms with Gasteiger partial charge in [0.25, 0.3) is 0 Å². The fourth-order valence-electron chi connectivity index (χ4n) is 1.86. The lowest BCUT2D eigenvalue weighted by Gasteiger charge is -2.25. The number of methoxy groups -OCH3 is 1. The zero-order valence-corrected chi connectivity index (χ0v) is 12.4. The van der Waals surface area contributed by atoms with E-state index in [4.69, 9.17) is 15.9 Å². The van der Waals surface area contributed by atoms with Crippen LogP contribution in [0.25, 0.3) is 0 Å². The topological polar surface area (TPSA) is 62.3 Å². The molecule has 0 aromatic heterocycles. The van der Waals surface area contributed by atoms with E-state index in [1.807, 2.05) is 26.0 Å². The van der Waals surface area contributed by atoms with Gasteiger partial charge in [-0.25, -0.2) is 0 Å². The first kappa shape index (κ1) is 15.3. The fraction of sp³-hybridized carbons (Fsp3) is 0.533. The van der Waals surface area contributed by atoms with Crippen LogP contribution in [0, 0.1) is 10.8 Å². The molecule has 0 saturated heterocycles. The zero-order chi connectivity index (χ0) is 14.5. The molecule has 0 unspecified atom stereocenters.